The molecule has 20 heavy (non-hydrogen) atoms. The van der Waals surface area contributed by atoms with Crippen LogP contribution in [0.5, 0.6) is 0 Å². The van der Waals surface area contributed by atoms with E-state index >= 15 is 0 Å². The molecule has 0 saturated heterocycles. The van der Waals surface area contributed by atoms with Crippen LogP contribution in [0.2, 0.25) is 0 Å². The Bertz CT molecular complexity index is 585. The van der Waals surface area contributed by atoms with Gasteiger partial charge in [-0.05, 0) is 24.5 Å². The quantitative estimate of drug-likeness (QED) is 0.909. The number of halogens is 3. The molecule has 0 fully saturated rings. The van der Waals surface area contributed by atoms with Gasteiger partial charge in [-0.15, -0.1) is 0 Å². The topological polar surface area (TPSA) is 67.6 Å². The maximum Gasteiger partial charge on any atom is 0.417 e. The first-order chi connectivity index (χ1) is 9.29. The summed E-state index contributed by atoms with van der Waals surface area (Å²) in [5.41, 5.74) is 6.76. The van der Waals surface area contributed by atoms with E-state index in [1.165, 1.54) is 6.07 Å². The lowest BCUT2D eigenvalue weighted by Gasteiger charge is -2.08. The van der Waals surface area contributed by atoms with Gasteiger partial charge >= 0.3 is 6.18 Å². The third kappa shape index (κ3) is 2.92. The molecular weight excluding hydrogens is 269 g/mol. The summed E-state index contributed by atoms with van der Waals surface area (Å²) in [6, 6.07) is 2.32. The Labute approximate surface area is 114 Å². The fraction of sp³-hybridized carbons (Fsp3) is 0.385. The summed E-state index contributed by atoms with van der Waals surface area (Å²) in [6.07, 6.45) is -2.90. The van der Waals surface area contributed by atoms with E-state index in [0.29, 0.717) is 29.5 Å². The van der Waals surface area contributed by atoms with E-state index in [1.807, 2.05) is 13.8 Å². The van der Waals surface area contributed by atoms with Crippen molar-refractivity contribution in [2.24, 2.45) is 5.92 Å². The first-order valence-electron chi connectivity index (χ1n) is 6.15. The van der Waals surface area contributed by atoms with Crippen LogP contribution >= 0.6 is 0 Å². The van der Waals surface area contributed by atoms with Crippen LogP contribution in [0.3, 0.4) is 0 Å². The number of pyridine rings is 1. The summed E-state index contributed by atoms with van der Waals surface area (Å²) >= 11 is 0. The van der Waals surface area contributed by atoms with Crippen molar-refractivity contribution in [2.75, 3.05) is 5.73 Å². The molecule has 0 aliphatic heterocycles. The van der Waals surface area contributed by atoms with E-state index < -0.39 is 11.7 Å². The van der Waals surface area contributed by atoms with E-state index in [9.17, 15) is 13.2 Å². The number of anilines is 1. The third-order valence-corrected chi connectivity index (χ3v) is 2.86. The Morgan fingerprint density at radius 2 is 2.00 bits per heavy atom. The largest absolute Gasteiger partial charge is 0.417 e. The van der Waals surface area contributed by atoms with Gasteiger partial charge in [0, 0.05) is 11.8 Å². The van der Waals surface area contributed by atoms with E-state index in [-0.39, 0.29) is 0 Å². The minimum atomic E-state index is -4.39. The molecule has 0 amide bonds. The lowest BCUT2D eigenvalue weighted by Crippen LogP contribution is -2.05. The minimum absolute atomic E-state index is 0.350. The summed E-state index contributed by atoms with van der Waals surface area (Å²) < 4.78 is 37.5. The van der Waals surface area contributed by atoms with E-state index in [0.717, 1.165) is 17.8 Å². The van der Waals surface area contributed by atoms with Crippen molar-refractivity contribution in [3.8, 4) is 11.4 Å². The second kappa shape index (κ2) is 5.15. The van der Waals surface area contributed by atoms with Gasteiger partial charge in [-0.3, -0.25) is 10.1 Å². The van der Waals surface area contributed by atoms with Gasteiger partial charge in [-0.1, -0.05) is 13.8 Å². The molecule has 2 heterocycles. The molecule has 2 aromatic rings. The highest BCUT2D eigenvalue weighted by molar-refractivity contribution is 5.65. The molecule has 0 radical (unpaired) electrons. The number of hydrogen-bond donors (Lipinski definition) is 2. The van der Waals surface area contributed by atoms with Gasteiger partial charge in [0.05, 0.1) is 17.0 Å². The lowest BCUT2D eigenvalue weighted by atomic mass is 10.0. The molecule has 0 bridgehead atoms. The normalized spacial score (nSPS) is 12.1. The van der Waals surface area contributed by atoms with Gasteiger partial charge in [0.2, 0.25) is 0 Å². The first kappa shape index (κ1) is 14.4. The van der Waals surface area contributed by atoms with Crippen molar-refractivity contribution in [2.45, 2.75) is 26.4 Å². The van der Waals surface area contributed by atoms with Crippen LogP contribution in [0, 0.1) is 5.92 Å². The molecule has 7 heteroatoms. The van der Waals surface area contributed by atoms with Crippen LogP contribution in [-0.2, 0) is 12.6 Å². The van der Waals surface area contributed by atoms with E-state index in [4.69, 9.17) is 5.73 Å². The standard InChI is InChI=1S/C13H15F3N4/c1-7(2)5-9-11(19-20-12(9)17)10-4-3-8(6-18-10)13(14,15)16/h3-4,6-7H,5H2,1-2H3,(H3,17,19,20). The molecule has 4 nitrogen and oxygen atoms in total. The van der Waals surface area contributed by atoms with Gasteiger partial charge < -0.3 is 5.73 Å². The molecule has 0 saturated carbocycles. The summed E-state index contributed by atoms with van der Waals surface area (Å²) in [5.74, 6) is 0.707. The van der Waals surface area contributed by atoms with Crippen LogP contribution in [0.1, 0.15) is 25.0 Å². The average Bonchev–Trinajstić information content (AvgIpc) is 2.70. The molecule has 0 aliphatic carbocycles. The van der Waals surface area contributed by atoms with Crippen LogP contribution in [0.4, 0.5) is 19.0 Å². The van der Waals surface area contributed by atoms with Crippen molar-refractivity contribution in [1.29, 1.82) is 0 Å². The number of H-pyrrole nitrogens is 1. The second-order valence-corrected chi connectivity index (χ2v) is 4.99. The van der Waals surface area contributed by atoms with Gasteiger partial charge in [-0.2, -0.15) is 18.3 Å². The molecule has 0 spiro atoms. The molecule has 0 unspecified atom stereocenters. The molecule has 108 valence electrons. The zero-order chi connectivity index (χ0) is 14.9. The Balaban J connectivity index is 2.37. The predicted octanol–water partition coefficient (Wildman–Crippen LogP) is 3.27. The molecule has 0 atom stereocenters. The monoisotopic (exact) mass is 284 g/mol. The Morgan fingerprint density at radius 3 is 2.50 bits per heavy atom. The number of rotatable bonds is 3. The molecule has 0 aromatic carbocycles. The second-order valence-electron chi connectivity index (χ2n) is 4.99. The number of aromatic nitrogens is 3. The van der Waals surface area contributed by atoms with Gasteiger partial charge in [0.25, 0.3) is 0 Å². The van der Waals surface area contributed by atoms with Crippen LogP contribution < -0.4 is 5.73 Å². The van der Waals surface area contributed by atoms with Crippen molar-refractivity contribution >= 4 is 5.82 Å². The number of nitrogens with one attached hydrogen (secondary N) is 1. The zero-order valence-corrected chi connectivity index (χ0v) is 11.1. The number of nitrogens with zero attached hydrogens (tertiary/aromatic N) is 2. The Hall–Kier alpha value is -2.05. The SMILES string of the molecule is CC(C)Cc1c(N)n[nH]c1-c1ccc(C(F)(F)F)cn1. The molecule has 2 rings (SSSR count). The highest BCUT2D eigenvalue weighted by Gasteiger charge is 2.30. The smallest absolute Gasteiger partial charge is 0.382 e. The van der Waals surface area contributed by atoms with Crippen molar-refractivity contribution in [3.63, 3.8) is 0 Å². The molecule has 3 N–H and O–H groups in total. The zero-order valence-electron chi connectivity index (χ0n) is 11.1. The predicted molar refractivity (Wildman–Crippen MR) is 69.8 cm³/mol. The minimum Gasteiger partial charge on any atom is -0.382 e. The fourth-order valence-corrected chi connectivity index (χ4v) is 1.92. The van der Waals surface area contributed by atoms with Crippen molar-refractivity contribution in [1.82, 2.24) is 15.2 Å². The van der Waals surface area contributed by atoms with Crippen LogP contribution in [-0.4, -0.2) is 15.2 Å². The summed E-state index contributed by atoms with van der Waals surface area (Å²) in [6.45, 7) is 4.05. The maximum absolute atomic E-state index is 12.5. The molecule has 0 aliphatic rings. The highest BCUT2D eigenvalue weighted by atomic mass is 19.4. The van der Waals surface area contributed by atoms with E-state index in [2.05, 4.69) is 15.2 Å². The maximum atomic E-state index is 12.5. The van der Waals surface area contributed by atoms with Crippen LogP contribution in [0.15, 0.2) is 18.3 Å². The fourth-order valence-electron chi connectivity index (χ4n) is 1.92. The van der Waals surface area contributed by atoms with Gasteiger partial charge in [0.15, 0.2) is 0 Å². The summed E-state index contributed by atoms with van der Waals surface area (Å²) in [4.78, 5) is 3.85. The number of aromatic amines is 1. The summed E-state index contributed by atoms with van der Waals surface area (Å²) in [5, 5.41) is 6.64. The average molecular weight is 284 g/mol. The van der Waals surface area contributed by atoms with Crippen molar-refractivity contribution < 1.29 is 13.2 Å². The lowest BCUT2D eigenvalue weighted by molar-refractivity contribution is -0.137. The highest BCUT2D eigenvalue weighted by Crippen LogP contribution is 2.31. The van der Waals surface area contributed by atoms with Crippen molar-refractivity contribution in [3.05, 3.63) is 29.5 Å². The van der Waals surface area contributed by atoms with Gasteiger partial charge in [0.1, 0.15) is 5.82 Å². The van der Waals surface area contributed by atoms with E-state index in [1.54, 1.807) is 0 Å². The number of nitrogen functional groups attached to an aromatic ring is 1. The Kier molecular flexibility index (Phi) is 3.69. The Morgan fingerprint density at radius 1 is 1.30 bits per heavy atom. The number of hydrogen-bond acceptors (Lipinski definition) is 3. The summed E-state index contributed by atoms with van der Waals surface area (Å²) in [7, 11) is 0. The first-order valence-corrected chi connectivity index (χ1v) is 6.15. The number of nitrogens with two attached hydrogens (primary N) is 1. The number of alkyl halides is 3. The molecule has 2 aromatic heterocycles. The van der Waals surface area contributed by atoms with Gasteiger partial charge in [-0.25, -0.2) is 0 Å². The van der Waals surface area contributed by atoms with Crippen LogP contribution in [0.25, 0.3) is 11.4 Å². The third-order valence-electron chi connectivity index (χ3n) is 2.86. The molecular formula is C13H15F3N4.